The highest BCUT2D eigenvalue weighted by molar-refractivity contribution is 6.11. The van der Waals surface area contributed by atoms with Crippen LogP contribution in [0, 0.1) is 0 Å². The van der Waals surface area contributed by atoms with Gasteiger partial charge in [0.2, 0.25) is 0 Å². The van der Waals surface area contributed by atoms with E-state index in [4.69, 9.17) is 9.40 Å². The van der Waals surface area contributed by atoms with Gasteiger partial charge in [0.15, 0.2) is 0 Å². The number of fused-ring (bicyclic) bond motifs is 6. The molecule has 0 saturated heterocycles. The van der Waals surface area contributed by atoms with Crippen molar-refractivity contribution in [3.63, 3.8) is 0 Å². The Morgan fingerprint density at radius 1 is 0.667 bits per heavy atom. The second-order valence-electron chi connectivity index (χ2n) is 10.5. The Balaban J connectivity index is 1.58. The van der Waals surface area contributed by atoms with E-state index in [1.54, 1.807) is 0 Å². The van der Waals surface area contributed by atoms with Crippen LogP contribution in [0.5, 0.6) is 0 Å². The van der Waals surface area contributed by atoms with Crippen LogP contribution in [0.25, 0.3) is 60.8 Å². The lowest BCUT2D eigenvalue weighted by Crippen LogP contribution is -2.11. The van der Waals surface area contributed by atoms with E-state index in [1.807, 2.05) is 12.1 Å². The second kappa shape index (κ2) is 7.56. The van der Waals surface area contributed by atoms with Gasteiger partial charge in [-0.25, -0.2) is 4.98 Å². The van der Waals surface area contributed by atoms with E-state index in [2.05, 4.69) is 116 Å². The first-order valence-electron chi connectivity index (χ1n) is 12.4. The SMILES string of the molecule is CC(C)(C)c1ccc(-n2c(-c3cccc4c3oc3ccccc34)nc3c4ccccc4ccc32)cc1. The van der Waals surface area contributed by atoms with Gasteiger partial charge in [-0.15, -0.1) is 0 Å². The molecule has 0 spiro atoms. The maximum atomic E-state index is 6.42. The summed E-state index contributed by atoms with van der Waals surface area (Å²) in [6.45, 7) is 6.73. The Morgan fingerprint density at radius 2 is 1.39 bits per heavy atom. The summed E-state index contributed by atoms with van der Waals surface area (Å²) in [7, 11) is 0. The van der Waals surface area contributed by atoms with Gasteiger partial charge in [-0.3, -0.25) is 4.57 Å². The minimum absolute atomic E-state index is 0.0917. The first-order valence-corrected chi connectivity index (χ1v) is 12.4. The van der Waals surface area contributed by atoms with Crippen molar-refractivity contribution < 1.29 is 4.42 Å². The third-order valence-electron chi connectivity index (χ3n) is 7.19. The molecule has 0 aliphatic carbocycles. The predicted octanol–water partition coefficient (Wildman–Crippen LogP) is 9.04. The monoisotopic (exact) mass is 466 g/mol. The van der Waals surface area contributed by atoms with E-state index in [-0.39, 0.29) is 5.41 Å². The first-order chi connectivity index (χ1) is 17.5. The molecule has 0 saturated carbocycles. The summed E-state index contributed by atoms with van der Waals surface area (Å²) in [6.07, 6.45) is 0. The van der Waals surface area contributed by atoms with Crippen molar-refractivity contribution in [3.05, 3.63) is 109 Å². The summed E-state index contributed by atoms with van der Waals surface area (Å²) in [6, 6.07) is 36.3. The summed E-state index contributed by atoms with van der Waals surface area (Å²) in [5, 5.41) is 4.57. The molecule has 0 amide bonds. The molecular formula is C33H26N2O. The van der Waals surface area contributed by atoms with Crippen molar-refractivity contribution in [2.24, 2.45) is 0 Å². The molecule has 3 heteroatoms. The lowest BCUT2D eigenvalue weighted by Gasteiger charge is -2.19. The van der Waals surface area contributed by atoms with Crippen LogP contribution in [0.4, 0.5) is 0 Å². The maximum Gasteiger partial charge on any atom is 0.149 e. The van der Waals surface area contributed by atoms with Gasteiger partial charge in [-0.1, -0.05) is 93.6 Å². The molecule has 0 bridgehead atoms. The first kappa shape index (κ1) is 21.0. The van der Waals surface area contributed by atoms with E-state index in [1.165, 1.54) is 10.9 Å². The van der Waals surface area contributed by atoms with Crippen LogP contribution in [0.1, 0.15) is 26.3 Å². The number of hydrogen-bond acceptors (Lipinski definition) is 2. The second-order valence-corrected chi connectivity index (χ2v) is 10.5. The molecule has 7 aromatic rings. The number of nitrogens with zero attached hydrogens (tertiary/aromatic N) is 2. The van der Waals surface area contributed by atoms with E-state index in [0.29, 0.717) is 0 Å². The zero-order valence-corrected chi connectivity index (χ0v) is 20.6. The molecule has 2 heterocycles. The van der Waals surface area contributed by atoms with Crippen molar-refractivity contribution >= 4 is 43.7 Å². The van der Waals surface area contributed by atoms with Gasteiger partial charge >= 0.3 is 0 Å². The third kappa shape index (κ3) is 3.09. The van der Waals surface area contributed by atoms with Crippen molar-refractivity contribution in [3.8, 4) is 17.1 Å². The van der Waals surface area contributed by atoms with Crippen LogP contribution >= 0.6 is 0 Å². The Bertz CT molecular complexity index is 1910. The lowest BCUT2D eigenvalue weighted by atomic mass is 9.87. The fourth-order valence-electron chi connectivity index (χ4n) is 5.29. The molecule has 0 N–H and O–H groups in total. The highest BCUT2D eigenvalue weighted by Crippen LogP contribution is 2.39. The van der Waals surface area contributed by atoms with Gasteiger partial charge in [0.1, 0.15) is 17.0 Å². The standard InChI is InChI=1S/C33H26N2O/c1-33(2,3)22-16-18-23(19-17-22)35-28-20-15-21-9-4-5-10-24(21)30(28)34-32(35)27-13-8-12-26-25-11-6-7-14-29(25)36-31(26)27/h4-20H,1-3H3. The molecule has 0 aliphatic heterocycles. The van der Waals surface area contributed by atoms with Crippen molar-refractivity contribution in [1.29, 1.82) is 0 Å². The van der Waals surface area contributed by atoms with Crippen molar-refractivity contribution in [1.82, 2.24) is 9.55 Å². The number of para-hydroxylation sites is 2. The van der Waals surface area contributed by atoms with Crippen LogP contribution < -0.4 is 0 Å². The number of rotatable bonds is 2. The summed E-state index contributed by atoms with van der Waals surface area (Å²) in [5.41, 5.74) is 7.31. The minimum Gasteiger partial charge on any atom is -0.455 e. The van der Waals surface area contributed by atoms with Crippen LogP contribution in [0.15, 0.2) is 108 Å². The van der Waals surface area contributed by atoms with Crippen molar-refractivity contribution in [2.45, 2.75) is 26.2 Å². The molecule has 3 nitrogen and oxygen atoms in total. The van der Waals surface area contributed by atoms with Gasteiger partial charge in [0, 0.05) is 21.8 Å². The molecule has 0 fully saturated rings. The molecule has 7 rings (SSSR count). The third-order valence-corrected chi connectivity index (χ3v) is 7.19. The molecule has 0 radical (unpaired) electrons. The summed E-state index contributed by atoms with van der Waals surface area (Å²) in [4.78, 5) is 5.28. The maximum absolute atomic E-state index is 6.42. The zero-order valence-electron chi connectivity index (χ0n) is 20.6. The number of aromatic nitrogens is 2. The number of hydrogen-bond donors (Lipinski definition) is 0. The Kier molecular flexibility index (Phi) is 4.40. The normalized spacial score (nSPS) is 12.3. The number of furan rings is 1. The van der Waals surface area contributed by atoms with Gasteiger partial charge in [0.25, 0.3) is 0 Å². The smallest absolute Gasteiger partial charge is 0.149 e. The molecule has 0 atom stereocenters. The Labute approximate surface area is 209 Å². The fraction of sp³-hybridized carbons (Fsp3) is 0.121. The summed E-state index contributed by atoms with van der Waals surface area (Å²) < 4.78 is 8.70. The largest absolute Gasteiger partial charge is 0.455 e. The minimum atomic E-state index is 0.0917. The molecule has 0 aliphatic rings. The average Bonchev–Trinajstić information content (AvgIpc) is 3.47. The molecule has 174 valence electrons. The number of benzene rings is 5. The Morgan fingerprint density at radius 3 is 2.19 bits per heavy atom. The zero-order chi connectivity index (χ0) is 24.4. The quantitative estimate of drug-likeness (QED) is 0.254. The Hall–Kier alpha value is -4.37. The van der Waals surface area contributed by atoms with Crippen LogP contribution in [-0.4, -0.2) is 9.55 Å². The van der Waals surface area contributed by atoms with Crippen LogP contribution in [-0.2, 0) is 5.41 Å². The van der Waals surface area contributed by atoms with Crippen LogP contribution in [0.2, 0.25) is 0 Å². The summed E-state index contributed by atoms with van der Waals surface area (Å²) in [5.74, 6) is 0.884. The molecule has 5 aromatic carbocycles. The highest BCUT2D eigenvalue weighted by atomic mass is 16.3. The van der Waals surface area contributed by atoms with Gasteiger partial charge in [-0.05, 0) is 46.7 Å². The van der Waals surface area contributed by atoms with E-state index < -0.39 is 0 Å². The van der Waals surface area contributed by atoms with Crippen molar-refractivity contribution in [2.75, 3.05) is 0 Å². The lowest BCUT2D eigenvalue weighted by molar-refractivity contribution is 0.590. The fourth-order valence-corrected chi connectivity index (χ4v) is 5.29. The van der Waals surface area contributed by atoms with Gasteiger partial charge in [0.05, 0.1) is 16.6 Å². The number of imidazole rings is 1. The molecular weight excluding hydrogens is 440 g/mol. The molecule has 36 heavy (non-hydrogen) atoms. The highest BCUT2D eigenvalue weighted by Gasteiger charge is 2.21. The van der Waals surface area contributed by atoms with E-state index >= 15 is 0 Å². The van der Waals surface area contributed by atoms with E-state index in [0.717, 1.165) is 55.4 Å². The van der Waals surface area contributed by atoms with E-state index in [9.17, 15) is 0 Å². The average molecular weight is 467 g/mol. The topological polar surface area (TPSA) is 31.0 Å². The van der Waals surface area contributed by atoms with Gasteiger partial charge < -0.3 is 4.42 Å². The molecule has 2 aromatic heterocycles. The van der Waals surface area contributed by atoms with Gasteiger partial charge in [-0.2, -0.15) is 0 Å². The summed E-state index contributed by atoms with van der Waals surface area (Å²) >= 11 is 0. The van der Waals surface area contributed by atoms with Crippen LogP contribution in [0.3, 0.4) is 0 Å². The predicted molar refractivity (Wildman–Crippen MR) is 150 cm³/mol. The molecule has 0 unspecified atom stereocenters.